The van der Waals surface area contributed by atoms with Crippen molar-refractivity contribution in [3.63, 3.8) is 0 Å². The van der Waals surface area contributed by atoms with Gasteiger partial charge in [0.25, 0.3) is 6.71 Å². The van der Waals surface area contributed by atoms with Crippen molar-refractivity contribution in [3.8, 4) is 39.4 Å². The summed E-state index contributed by atoms with van der Waals surface area (Å²) < 4.78 is 9.87. The van der Waals surface area contributed by atoms with Gasteiger partial charge < -0.3 is 24.0 Å². The topological polar surface area (TPSA) is 23.9 Å². The maximum atomic E-state index is 7.42. The molecule has 0 saturated carbocycles. The second-order valence-corrected chi connectivity index (χ2v) is 27.9. The fourth-order valence-electron chi connectivity index (χ4n) is 15.2. The van der Waals surface area contributed by atoms with E-state index in [9.17, 15) is 0 Å². The quantitative estimate of drug-likeness (QED) is 0.134. The molecule has 0 unspecified atom stereocenters. The summed E-state index contributed by atoms with van der Waals surface area (Å²) in [5.41, 5.74) is 29.5. The molecule has 91 heavy (non-hydrogen) atoms. The lowest BCUT2D eigenvalue weighted by Gasteiger charge is -2.42. The summed E-state index contributed by atoms with van der Waals surface area (Å²) in [6, 6.07) is 96.7. The number of rotatable bonds is 9. The summed E-state index contributed by atoms with van der Waals surface area (Å²) in [5, 5.41) is 2.44. The molecule has 1 aromatic heterocycles. The van der Waals surface area contributed by atoms with Gasteiger partial charge in [0, 0.05) is 73.1 Å². The third kappa shape index (κ3) is 9.12. The predicted molar refractivity (Wildman–Crippen MR) is 386 cm³/mol. The number of ether oxygens (including phenoxy) is 1. The van der Waals surface area contributed by atoms with Crippen LogP contribution in [-0.2, 0) is 16.2 Å². The molecule has 0 saturated heterocycles. The van der Waals surface area contributed by atoms with Crippen LogP contribution in [0.2, 0.25) is 0 Å². The average Bonchev–Trinajstić information content (AvgIpc) is 1.68. The van der Waals surface area contributed by atoms with E-state index in [2.05, 4.69) is 349 Å². The minimum Gasteiger partial charge on any atom is -0.458 e. The predicted octanol–water partition coefficient (Wildman–Crippen LogP) is 21.3. The first-order valence-electron chi connectivity index (χ1n) is 32.2. The summed E-state index contributed by atoms with van der Waals surface area (Å²) in [5.74, 6) is 1.86. The Bertz CT molecular complexity index is 4930. The van der Waals surface area contributed by atoms with E-state index in [0.29, 0.717) is 0 Å². The molecule has 1 aliphatic carbocycles. The minimum absolute atomic E-state index is 0.0620. The zero-order valence-corrected chi connectivity index (χ0v) is 53.6. The molecule has 0 bridgehead atoms. The first-order chi connectivity index (χ1) is 44.0. The van der Waals surface area contributed by atoms with E-state index in [4.69, 9.17) is 4.74 Å². The number of benzene rings is 12. The number of aromatic nitrogens is 1. The Hall–Kier alpha value is -10.3. The summed E-state index contributed by atoms with van der Waals surface area (Å²) in [6.45, 7) is 23.3. The first kappa shape index (κ1) is 56.0. The summed E-state index contributed by atoms with van der Waals surface area (Å²) in [4.78, 5) is 7.26. The zero-order chi connectivity index (χ0) is 62.2. The van der Waals surface area contributed by atoms with E-state index in [1.807, 2.05) is 0 Å². The SMILES string of the molecule is Cc1cc(-n2c3ccccc3c3cc(N(c4ccccc4)c4ccccc4)ccc32)cc(C)c1-c1ccc(N2c3cc(C(C)(C)C)ccc3B3c4cc5c(cc4Oc4cc(C(C)(C)C)cc2c43)-c2ccc(N(c3ccccc3)c3ccccc3)cc2C5(C)C)cc1. The molecule has 3 heterocycles. The van der Waals surface area contributed by atoms with Gasteiger partial charge in [-0.1, -0.05) is 183 Å². The lowest BCUT2D eigenvalue weighted by Crippen LogP contribution is -2.60. The highest BCUT2D eigenvalue weighted by Gasteiger charge is 2.46. The van der Waals surface area contributed by atoms with Crippen molar-refractivity contribution in [2.24, 2.45) is 0 Å². The minimum atomic E-state index is -0.295. The van der Waals surface area contributed by atoms with Crippen LogP contribution in [0.4, 0.5) is 51.2 Å². The molecule has 16 rings (SSSR count). The molecule has 0 N–H and O–H groups in total. The molecule has 12 aromatic carbocycles. The van der Waals surface area contributed by atoms with Crippen molar-refractivity contribution >= 4 is 96.1 Å². The summed E-state index contributed by atoms with van der Waals surface area (Å²) in [7, 11) is 0. The molecule has 3 aliphatic rings. The molecule has 2 aliphatic heterocycles. The van der Waals surface area contributed by atoms with Gasteiger partial charge in [-0.15, -0.1) is 0 Å². The molecule has 6 heteroatoms. The van der Waals surface area contributed by atoms with Crippen LogP contribution in [0, 0.1) is 13.8 Å². The van der Waals surface area contributed by atoms with E-state index >= 15 is 0 Å². The van der Waals surface area contributed by atoms with Gasteiger partial charge in [-0.25, -0.2) is 0 Å². The monoisotopic (exact) mass is 1180 g/mol. The number of hydrogen-bond acceptors (Lipinski definition) is 4. The number of para-hydroxylation sites is 5. The zero-order valence-electron chi connectivity index (χ0n) is 53.6. The lowest BCUT2D eigenvalue weighted by atomic mass is 9.33. The van der Waals surface area contributed by atoms with Crippen LogP contribution in [0.1, 0.15) is 88.8 Å². The Balaban J connectivity index is 0.789. The van der Waals surface area contributed by atoms with Crippen molar-refractivity contribution in [2.75, 3.05) is 14.7 Å². The highest BCUT2D eigenvalue weighted by atomic mass is 16.5. The second kappa shape index (κ2) is 20.9. The van der Waals surface area contributed by atoms with Gasteiger partial charge >= 0.3 is 0 Å². The third-order valence-electron chi connectivity index (χ3n) is 19.7. The molecule has 0 spiro atoms. The lowest BCUT2D eigenvalue weighted by molar-refractivity contribution is 0.483. The molecule has 0 fully saturated rings. The molecule has 5 nitrogen and oxygen atoms in total. The van der Waals surface area contributed by atoms with Crippen LogP contribution in [0.5, 0.6) is 11.5 Å². The van der Waals surface area contributed by atoms with E-state index in [1.165, 1.54) is 105 Å². The molecule has 0 radical (unpaired) electrons. The number of anilines is 9. The van der Waals surface area contributed by atoms with Gasteiger partial charge in [-0.05, 0) is 230 Å². The van der Waals surface area contributed by atoms with Crippen molar-refractivity contribution in [2.45, 2.75) is 85.5 Å². The van der Waals surface area contributed by atoms with Gasteiger partial charge in [0.05, 0.1) is 11.0 Å². The summed E-state index contributed by atoms with van der Waals surface area (Å²) >= 11 is 0. The van der Waals surface area contributed by atoms with Gasteiger partial charge in [0.2, 0.25) is 0 Å². The Morgan fingerprint density at radius 2 is 0.923 bits per heavy atom. The molecule has 442 valence electrons. The van der Waals surface area contributed by atoms with Crippen LogP contribution in [0.3, 0.4) is 0 Å². The molecular formula is C85H73BN4O. The number of hydrogen-bond donors (Lipinski definition) is 0. The molecular weight excluding hydrogens is 1100 g/mol. The smallest absolute Gasteiger partial charge is 0.256 e. The molecule has 0 atom stereocenters. The largest absolute Gasteiger partial charge is 0.458 e. The number of nitrogens with zero attached hydrogens (tertiary/aromatic N) is 4. The van der Waals surface area contributed by atoms with E-state index in [1.54, 1.807) is 0 Å². The highest BCUT2D eigenvalue weighted by Crippen LogP contribution is 2.54. The first-order valence-corrected chi connectivity index (χ1v) is 32.2. The fourth-order valence-corrected chi connectivity index (χ4v) is 15.2. The highest BCUT2D eigenvalue weighted by molar-refractivity contribution is 6.99. The Morgan fingerprint density at radius 1 is 0.396 bits per heavy atom. The maximum absolute atomic E-state index is 7.42. The number of aryl methyl sites for hydroxylation is 2. The maximum Gasteiger partial charge on any atom is 0.256 e. The van der Waals surface area contributed by atoms with Crippen LogP contribution in [0.25, 0.3) is 49.7 Å². The van der Waals surface area contributed by atoms with E-state index in [0.717, 1.165) is 57.0 Å². The van der Waals surface area contributed by atoms with Crippen molar-refractivity contribution in [1.29, 1.82) is 0 Å². The Labute approximate surface area is 536 Å². The van der Waals surface area contributed by atoms with Crippen molar-refractivity contribution in [3.05, 3.63) is 294 Å². The average molecular weight is 1180 g/mol. The normalized spacial score (nSPS) is 13.5. The van der Waals surface area contributed by atoms with E-state index < -0.39 is 0 Å². The van der Waals surface area contributed by atoms with Gasteiger partial charge in [-0.2, -0.15) is 0 Å². The van der Waals surface area contributed by atoms with Crippen LogP contribution < -0.4 is 35.8 Å². The second-order valence-electron chi connectivity index (χ2n) is 27.9. The molecule has 13 aromatic rings. The standard InChI is InChI=1S/C85H73BN4O/c1-54-45-66(90-75-34-24-23-33-68(75)70-50-64(41-44-76(70)90)87(59-25-15-11-16-26-59)60-27-17-12-18-28-60)46-55(2)81(54)56-35-38-63(39-36-56)89-77-47-57(83(3,4)5)37-43-73(77)86-74-53-72-69(52-79(74)91-80-49-58(84(6,7)8)48-78(89)82(80)86)67-42-40-65(51-71(67)85(72,9)10)88(61-29-19-13-20-30-61)62-31-21-14-22-32-62/h11-53H,1-10H3. The molecule has 0 amide bonds. The number of fused-ring (bicyclic) bond motifs is 10. The van der Waals surface area contributed by atoms with Gasteiger partial charge in [0.1, 0.15) is 11.5 Å². The van der Waals surface area contributed by atoms with Gasteiger partial charge in [0.15, 0.2) is 0 Å². The third-order valence-corrected chi connectivity index (χ3v) is 19.7. The van der Waals surface area contributed by atoms with Crippen LogP contribution in [-0.4, -0.2) is 11.3 Å². The van der Waals surface area contributed by atoms with Crippen molar-refractivity contribution < 1.29 is 4.74 Å². The fraction of sp³-hybridized carbons (Fsp3) is 0.153. The Morgan fingerprint density at radius 3 is 1.52 bits per heavy atom. The summed E-state index contributed by atoms with van der Waals surface area (Å²) in [6.07, 6.45) is 0. The van der Waals surface area contributed by atoms with Gasteiger partial charge in [-0.3, -0.25) is 0 Å². The Kier molecular flexibility index (Phi) is 12.9. The van der Waals surface area contributed by atoms with Crippen LogP contribution >= 0.6 is 0 Å². The van der Waals surface area contributed by atoms with E-state index in [-0.39, 0.29) is 23.0 Å². The van der Waals surface area contributed by atoms with Crippen LogP contribution in [0.15, 0.2) is 261 Å². The van der Waals surface area contributed by atoms with Crippen molar-refractivity contribution in [1.82, 2.24) is 4.57 Å².